The predicted molar refractivity (Wildman–Crippen MR) is 283 cm³/mol. The Kier molecular flexibility index (Phi) is 35.0. The number of nitrogens with zero attached hydrogens (tertiary/aromatic N) is 4. The van der Waals surface area contributed by atoms with Crippen LogP contribution in [0.25, 0.3) is 0 Å². The Morgan fingerprint density at radius 3 is 1.04 bits per heavy atom. The number of amides is 4. The van der Waals surface area contributed by atoms with Gasteiger partial charge in [0.2, 0.25) is 23.6 Å². The van der Waals surface area contributed by atoms with Crippen LogP contribution in [0, 0.1) is 11.8 Å². The molecule has 0 bridgehead atoms. The molecule has 2 heterocycles. The van der Waals surface area contributed by atoms with Gasteiger partial charge in [-0.25, -0.2) is 0 Å². The summed E-state index contributed by atoms with van der Waals surface area (Å²) in [5.41, 5.74) is 0. The van der Waals surface area contributed by atoms with E-state index in [9.17, 15) is 19.2 Å². The molecule has 0 aromatic carbocycles. The van der Waals surface area contributed by atoms with Crippen LogP contribution >= 0.6 is 0 Å². The van der Waals surface area contributed by atoms with Crippen molar-refractivity contribution in [2.24, 2.45) is 11.8 Å². The zero-order valence-electron chi connectivity index (χ0n) is 45.5. The third-order valence-corrected chi connectivity index (χ3v) is 15.3. The van der Waals surface area contributed by atoms with E-state index in [0.29, 0.717) is 51.1 Å². The highest BCUT2D eigenvalue weighted by molar-refractivity contribution is 5.88. The topological polar surface area (TPSA) is 105 Å². The second-order valence-electron chi connectivity index (χ2n) is 21.9. The molecule has 0 aliphatic carbocycles. The minimum Gasteiger partial charge on any atom is -0.354 e. The van der Waals surface area contributed by atoms with Crippen LogP contribution < -0.4 is 10.6 Å². The lowest BCUT2D eigenvalue weighted by molar-refractivity contribution is -0.142. The number of likely N-dealkylation sites (tertiary alicyclic amines) is 2. The summed E-state index contributed by atoms with van der Waals surface area (Å²) in [6, 6.07) is 0.0571. The monoisotopic (exact) mass is 943 g/mol. The van der Waals surface area contributed by atoms with E-state index in [1.54, 1.807) is 0 Å². The van der Waals surface area contributed by atoms with Crippen LogP contribution in [0.1, 0.15) is 253 Å². The Balaban J connectivity index is 1.81. The fourth-order valence-corrected chi connectivity index (χ4v) is 10.9. The van der Waals surface area contributed by atoms with Gasteiger partial charge in [0.05, 0.1) is 0 Å². The van der Waals surface area contributed by atoms with Gasteiger partial charge in [0.15, 0.2) is 0 Å². The molecule has 2 aliphatic rings. The van der Waals surface area contributed by atoms with E-state index in [1.165, 1.54) is 116 Å². The van der Waals surface area contributed by atoms with Crippen LogP contribution in [0.15, 0.2) is 0 Å². The molecule has 4 atom stereocenters. The van der Waals surface area contributed by atoms with E-state index < -0.39 is 12.1 Å². The van der Waals surface area contributed by atoms with Crippen molar-refractivity contribution in [1.29, 1.82) is 0 Å². The Morgan fingerprint density at radius 2 is 0.761 bits per heavy atom. The summed E-state index contributed by atoms with van der Waals surface area (Å²) in [6.07, 6.45) is 37.2. The van der Waals surface area contributed by atoms with Crippen molar-refractivity contribution >= 4 is 23.6 Å². The van der Waals surface area contributed by atoms with E-state index in [2.05, 4.69) is 76.1 Å². The summed E-state index contributed by atoms with van der Waals surface area (Å²) in [4.78, 5) is 64.1. The molecule has 4 unspecified atom stereocenters. The molecule has 2 fully saturated rings. The quantitative estimate of drug-likeness (QED) is 0.0591. The number of carbonyl (C=O) groups excluding carboxylic acids is 4. The smallest absolute Gasteiger partial charge is 0.243 e. The Bertz CT molecular complexity index is 1280. The number of nitrogens with one attached hydrogen (secondary N) is 2. The maximum absolute atomic E-state index is 13.9. The largest absolute Gasteiger partial charge is 0.354 e. The fraction of sp³-hybridized carbons (Fsp3) is 0.930. The van der Waals surface area contributed by atoms with Gasteiger partial charge in [-0.15, -0.1) is 0 Å². The molecule has 67 heavy (non-hydrogen) atoms. The minimum atomic E-state index is -0.449. The lowest BCUT2D eigenvalue weighted by Gasteiger charge is -2.35. The second-order valence-corrected chi connectivity index (χ2v) is 21.9. The number of rotatable bonds is 42. The second kappa shape index (κ2) is 38.5. The SMILES string of the molecule is CCCCCCCCCCCCCC(=O)N(CCC1CCCN1C)C(C(=O)NCCCCCCCNC(=O)C(C(C)C)N(CCC1CCCN1C)C(=O)CCCCCCCCCCC)C(C)C. The number of hydrogen-bond donors (Lipinski definition) is 2. The molecule has 4 amide bonds. The third kappa shape index (κ3) is 26.6. The predicted octanol–water partition coefficient (Wildman–Crippen LogP) is 12.5. The first-order valence-electron chi connectivity index (χ1n) is 29.0. The van der Waals surface area contributed by atoms with Gasteiger partial charge in [-0.1, -0.05) is 176 Å². The third-order valence-electron chi connectivity index (χ3n) is 15.3. The molecule has 0 aromatic rings. The highest BCUT2D eigenvalue weighted by atomic mass is 16.2. The summed E-state index contributed by atoms with van der Waals surface area (Å²) in [5, 5.41) is 6.46. The van der Waals surface area contributed by atoms with Crippen molar-refractivity contribution < 1.29 is 19.2 Å². The summed E-state index contributed by atoms with van der Waals surface area (Å²) < 4.78 is 0. The van der Waals surface area contributed by atoms with Crippen molar-refractivity contribution in [3.8, 4) is 0 Å². The van der Waals surface area contributed by atoms with Crippen LogP contribution in [0.2, 0.25) is 0 Å². The van der Waals surface area contributed by atoms with Gasteiger partial charge in [0.25, 0.3) is 0 Å². The molecule has 0 radical (unpaired) electrons. The van der Waals surface area contributed by atoms with Gasteiger partial charge in [-0.05, 0) is 103 Å². The Morgan fingerprint density at radius 1 is 0.463 bits per heavy atom. The van der Waals surface area contributed by atoms with E-state index >= 15 is 0 Å². The van der Waals surface area contributed by atoms with Crippen LogP contribution in [-0.2, 0) is 19.2 Å². The maximum Gasteiger partial charge on any atom is 0.243 e. The summed E-state index contributed by atoms with van der Waals surface area (Å²) in [5.74, 6) is 0.321. The van der Waals surface area contributed by atoms with Gasteiger partial charge >= 0.3 is 0 Å². The zero-order chi connectivity index (χ0) is 49.1. The van der Waals surface area contributed by atoms with Gasteiger partial charge in [0.1, 0.15) is 12.1 Å². The van der Waals surface area contributed by atoms with Crippen molar-refractivity contribution in [2.45, 2.75) is 278 Å². The lowest BCUT2D eigenvalue weighted by atomic mass is 9.99. The summed E-state index contributed by atoms with van der Waals surface area (Å²) in [6.45, 7) is 17.6. The molecule has 392 valence electrons. The van der Waals surface area contributed by atoms with Crippen LogP contribution in [0.3, 0.4) is 0 Å². The maximum atomic E-state index is 13.9. The van der Waals surface area contributed by atoms with Crippen molar-refractivity contribution in [3.63, 3.8) is 0 Å². The average Bonchev–Trinajstić information content (AvgIpc) is 3.92. The highest BCUT2D eigenvalue weighted by Gasteiger charge is 2.35. The first kappa shape index (κ1) is 60.9. The normalized spacial score (nSPS) is 17.6. The first-order chi connectivity index (χ1) is 32.4. The molecule has 10 nitrogen and oxygen atoms in total. The zero-order valence-corrected chi connectivity index (χ0v) is 45.5. The molecule has 2 aliphatic heterocycles. The van der Waals surface area contributed by atoms with Crippen molar-refractivity contribution in [1.82, 2.24) is 30.2 Å². The summed E-state index contributed by atoms with van der Waals surface area (Å²) in [7, 11) is 4.38. The molecule has 0 spiro atoms. The Hall–Kier alpha value is -2.20. The lowest BCUT2D eigenvalue weighted by Crippen LogP contribution is -2.53. The van der Waals surface area contributed by atoms with E-state index in [0.717, 1.165) is 96.6 Å². The number of carbonyl (C=O) groups is 4. The molecular formula is C57H110N6O4. The Labute approximate surface area is 414 Å². The minimum absolute atomic E-state index is 0.0135. The molecular weight excluding hydrogens is 833 g/mol. The van der Waals surface area contributed by atoms with Crippen LogP contribution in [0.4, 0.5) is 0 Å². The summed E-state index contributed by atoms with van der Waals surface area (Å²) >= 11 is 0. The van der Waals surface area contributed by atoms with Gasteiger partial charge in [0, 0.05) is 51.1 Å². The van der Waals surface area contributed by atoms with E-state index in [4.69, 9.17) is 0 Å². The molecule has 2 N–H and O–H groups in total. The van der Waals surface area contributed by atoms with Crippen LogP contribution in [0.5, 0.6) is 0 Å². The standard InChI is InChI=1S/C57H110N6O4/c1-9-11-13-15-17-19-20-22-24-27-31-39-53(65)63(47-41-51-37-35-45-61(51)8)55(49(5)6)57(67)59-43-33-29-25-28-32-42-58-56(66)54(48(3)4)62(46-40-50-36-34-44-60(50)7)52(64)38-30-26-23-21-18-16-14-12-10-2/h48-51,54-55H,9-47H2,1-8H3,(H,58,66)(H,59,67). The van der Waals surface area contributed by atoms with E-state index in [-0.39, 0.29) is 35.5 Å². The molecule has 2 saturated heterocycles. The average molecular weight is 944 g/mol. The molecule has 2 rings (SSSR count). The molecule has 0 aromatic heterocycles. The van der Waals surface area contributed by atoms with Crippen molar-refractivity contribution in [3.05, 3.63) is 0 Å². The molecule has 10 heteroatoms. The number of hydrogen-bond acceptors (Lipinski definition) is 6. The van der Waals surface area contributed by atoms with Gasteiger partial charge < -0.3 is 30.2 Å². The van der Waals surface area contributed by atoms with Crippen molar-refractivity contribution in [2.75, 3.05) is 53.4 Å². The first-order valence-corrected chi connectivity index (χ1v) is 29.0. The fourth-order valence-electron chi connectivity index (χ4n) is 10.9. The van der Waals surface area contributed by atoms with E-state index in [1.807, 2.05) is 9.80 Å². The highest BCUT2D eigenvalue weighted by Crippen LogP contribution is 2.24. The number of unbranched alkanes of at least 4 members (excludes halogenated alkanes) is 22. The molecule has 0 saturated carbocycles. The van der Waals surface area contributed by atoms with Crippen LogP contribution in [-0.4, -0.2) is 121 Å². The van der Waals surface area contributed by atoms with Gasteiger partial charge in [-0.3, -0.25) is 19.2 Å². The van der Waals surface area contributed by atoms with Gasteiger partial charge in [-0.2, -0.15) is 0 Å².